The fraction of sp³-hybridized carbons (Fsp3) is 0.452. The number of hydrogen-bond acceptors (Lipinski definition) is 11. The van der Waals surface area contributed by atoms with E-state index in [1.165, 1.54) is 65.2 Å². The molecule has 0 radical (unpaired) electrons. The first-order chi connectivity index (χ1) is 21.4. The highest BCUT2D eigenvalue weighted by Crippen LogP contribution is 2.44. The minimum absolute atomic E-state index is 0.0253. The molecular weight excluding hydrogens is 651 g/mol. The van der Waals surface area contributed by atoms with Gasteiger partial charge in [-0.05, 0) is 72.3 Å². The molecule has 248 valence electrons. The normalized spacial score (nSPS) is 17.4. The second-order valence-corrected chi connectivity index (χ2v) is 20.0. The Hall–Kier alpha value is -3.71. The monoisotopic (exact) mass is 689 g/mol. The third-order valence-corrected chi connectivity index (χ3v) is 14.1. The average Bonchev–Trinajstić information content (AvgIpc) is 2.98. The summed E-state index contributed by atoms with van der Waals surface area (Å²) in [4.78, 5) is 39.4. The van der Waals surface area contributed by atoms with Crippen LogP contribution in [0.5, 0.6) is 0 Å². The zero-order valence-corrected chi connectivity index (χ0v) is 29.6. The van der Waals surface area contributed by atoms with E-state index in [-0.39, 0.29) is 28.5 Å². The highest BCUT2D eigenvalue weighted by Gasteiger charge is 2.52. The van der Waals surface area contributed by atoms with Gasteiger partial charge in [-0.2, -0.15) is 13.7 Å². The first kappa shape index (κ1) is 36.8. The van der Waals surface area contributed by atoms with E-state index in [2.05, 4.69) is 33.9 Å². The molecule has 1 heterocycles. The molecule has 0 aliphatic carbocycles. The maximum absolute atomic E-state index is 13.9. The highest BCUT2D eigenvalue weighted by molar-refractivity contribution is 8.00. The number of benzene rings is 2. The molecule has 2 atom stereocenters. The van der Waals surface area contributed by atoms with Crippen LogP contribution in [0.2, 0.25) is 18.1 Å². The number of ether oxygens (including phenoxy) is 1. The van der Waals surface area contributed by atoms with Crippen molar-refractivity contribution in [2.24, 2.45) is 5.92 Å². The van der Waals surface area contributed by atoms with Crippen molar-refractivity contribution in [1.82, 2.24) is 4.90 Å². The predicted molar refractivity (Wildman–Crippen MR) is 177 cm³/mol. The first-order valence-electron chi connectivity index (χ1n) is 14.5. The topological polar surface area (TPSA) is 166 Å². The Bertz CT molecular complexity index is 1630. The number of amides is 1. The van der Waals surface area contributed by atoms with Crippen LogP contribution >= 0.6 is 11.8 Å². The summed E-state index contributed by atoms with van der Waals surface area (Å²) in [5, 5.41) is 19.7. The van der Waals surface area contributed by atoms with Crippen molar-refractivity contribution in [1.29, 1.82) is 5.26 Å². The van der Waals surface area contributed by atoms with Crippen molar-refractivity contribution in [2.45, 2.75) is 64.2 Å². The molecule has 15 heteroatoms. The number of nitro groups is 1. The van der Waals surface area contributed by atoms with Crippen molar-refractivity contribution in [3.63, 3.8) is 0 Å². The minimum Gasteiger partial charge on any atom is -0.456 e. The molecule has 46 heavy (non-hydrogen) atoms. The summed E-state index contributed by atoms with van der Waals surface area (Å²) >= 11 is 1.41. The lowest BCUT2D eigenvalue weighted by atomic mass is 9.93. The van der Waals surface area contributed by atoms with Crippen LogP contribution in [0.15, 0.2) is 54.2 Å². The van der Waals surface area contributed by atoms with Gasteiger partial charge in [0.15, 0.2) is 19.8 Å². The van der Waals surface area contributed by atoms with Gasteiger partial charge in [0.25, 0.3) is 5.69 Å². The van der Waals surface area contributed by atoms with Crippen LogP contribution in [0.25, 0.3) is 5.76 Å². The fourth-order valence-electron chi connectivity index (χ4n) is 4.35. The lowest BCUT2D eigenvalue weighted by Crippen LogP contribution is -2.60. The highest BCUT2D eigenvalue weighted by atomic mass is 32.2. The maximum atomic E-state index is 13.9. The van der Waals surface area contributed by atoms with E-state index in [1.807, 2.05) is 13.0 Å². The Morgan fingerprint density at radius 3 is 2.24 bits per heavy atom. The molecule has 1 amide bonds. The van der Waals surface area contributed by atoms with Crippen molar-refractivity contribution in [3.05, 3.63) is 81.0 Å². The average molecular weight is 690 g/mol. The van der Waals surface area contributed by atoms with Crippen molar-refractivity contribution < 1.29 is 36.3 Å². The largest absolute Gasteiger partial charge is 0.456 e. The van der Waals surface area contributed by atoms with E-state index in [0.29, 0.717) is 24.3 Å². The van der Waals surface area contributed by atoms with Gasteiger partial charge in [0.05, 0.1) is 34.1 Å². The second-order valence-electron chi connectivity index (χ2n) is 12.2. The van der Waals surface area contributed by atoms with Crippen molar-refractivity contribution >= 4 is 53.5 Å². The summed E-state index contributed by atoms with van der Waals surface area (Å²) in [5.74, 6) is -1.82. The standard InChI is InChI=1S/C31H39N3O9S2Si/c1-8-44-29-25(17-18-42-46(6,7)31(2,3)4)28(35)33(29)26(30(36)41-20-22-11-15-24(16-12-22)34(37)38)27(43-45(5,39)40)23-13-9-21(19-32)10-14-23/h9-16,25,29H,8,17-18,20H2,1-7H3/t25-,29+/m0/s1. The molecule has 0 N–H and O–H groups in total. The third-order valence-electron chi connectivity index (χ3n) is 7.87. The van der Waals surface area contributed by atoms with Gasteiger partial charge in [0.1, 0.15) is 6.61 Å². The molecule has 1 fully saturated rings. The zero-order valence-electron chi connectivity index (χ0n) is 26.9. The lowest BCUT2D eigenvalue weighted by molar-refractivity contribution is -0.384. The van der Waals surface area contributed by atoms with Gasteiger partial charge in [-0.3, -0.25) is 19.8 Å². The Kier molecular flexibility index (Phi) is 11.8. The molecule has 2 aromatic carbocycles. The Morgan fingerprint density at radius 1 is 1.13 bits per heavy atom. The second kappa shape index (κ2) is 14.8. The number of thioether (sulfide) groups is 1. The van der Waals surface area contributed by atoms with Crippen molar-refractivity contribution in [3.8, 4) is 6.07 Å². The number of nitro benzene ring substituents is 1. The van der Waals surface area contributed by atoms with Crippen LogP contribution < -0.4 is 0 Å². The Balaban J connectivity index is 2.05. The van der Waals surface area contributed by atoms with E-state index in [4.69, 9.17) is 13.3 Å². The van der Waals surface area contributed by atoms with E-state index in [9.17, 15) is 33.4 Å². The van der Waals surface area contributed by atoms with E-state index in [1.54, 1.807) is 0 Å². The summed E-state index contributed by atoms with van der Waals surface area (Å²) in [7, 11) is -6.31. The zero-order chi connectivity index (χ0) is 34.4. The molecule has 3 rings (SSSR count). The molecule has 1 aliphatic heterocycles. The number of hydrogen-bond donors (Lipinski definition) is 0. The number of nitrogens with zero attached hydrogens (tertiary/aromatic N) is 3. The van der Waals surface area contributed by atoms with E-state index in [0.717, 1.165) is 6.26 Å². The van der Waals surface area contributed by atoms with Gasteiger partial charge in [0.2, 0.25) is 5.91 Å². The number of rotatable bonds is 14. The van der Waals surface area contributed by atoms with Crippen LogP contribution in [0, 0.1) is 27.4 Å². The molecule has 1 saturated heterocycles. The number of carbonyl (C=O) groups excluding carboxylic acids is 2. The van der Waals surface area contributed by atoms with Crippen LogP contribution in [-0.4, -0.2) is 62.4 Å². The van der Waals surface area contributed by atoms with E-state index >= 15 is 0 Å². The van der Waals surface area contributed by atoms with Gasteiger partial charge in [-0.15, -0.1) is 11.8 Å². The molecule has 1 aliphatic rings. The van der Waals surface area contributed by atoms with Gasteiger partial charge in [0, 0.05) is 24.3 Å². The molecular formula is C31H39N3O9S2Si. The SMILES string of the molecule is CCS[C@@H]1[C@@H](CCO[Si](C)(C)C(C)(C)C)C(=O)N1C(C(=O)OCc1ccc([N+](=O)[O-])cc1)=C(OS(C)(=O)=O)c1ccc(C#N)cc1. The minimum atomic E-state index is -4.22. The molecule has 12 nitrogen and oxygen atoms in total. The van der Waals surface area contributed by atoms with Gasteiger partial charge < -0.3 is 13.3 Å². The lowest BCUT2D eigenvalue weighted by Gasteiger charge is -2.47. The quantitative estimate of drug-likeness (QED) is 0.0344. The summed E-state index contributed by atoms with van der Waals surface area (Å²) < 4.78 is 42.2. The number of likely N-dealkylation sites (tertiary alicyclic amines) is 1. The van der Waals surface area contributed by atoms with Gasteiger partial charge in [-0.25, -0.2) is 4.79 Å². The number of nitriles is 1. The summed E-state index contributed by atoms with van der Waals surface area (Å²) in [5.41, 5.74) is 0.289. The summed E-state index contributed by atoms with van der Waals surface area (Å²) in [6.07, 6.45) is 1.21. The molecule has 0 bridgehead atoms. The Morgan fingerprint density at radius 2 is 1.74 bits per heavy atom. The van der Waals surface area contributed by atoms with Crippen molar-refractivity contribution in [2.75, 3.05) is 18.6 Å². The number of esters is 1. The van der Waals surface area contributed by atoms with Gasteiger partial charge >= 0.3 is 16.1 Å². The first-order valence-corrected chi connectivity index (χ1v) is 20.3. The number of β-lactam (4-membered cyclic amide) rings is 1. The van der Waals surface area contributed by atoms with Crippen LogP contribution in [0.4, 0.5) is 5.69 Å². The van der Waals surface area contributed by atoms with Gasteiger partial charge in [-0.1, -0.05) is 27.7 Å². The number of carbonyl (C=O) groups is 2. The maximum Gasteiger partial charge on any atom is 0.359 e. The predicted octanol–water partition coefficient (Wildman–Crippen LogP) is 5.80. The van der Waals surface area contributed by atoms with Crippen LogP contribution in [0.3, 0.4) is 0 Å². The van der Waals surface area contributed by atoms with Crippen LogP contribution in [0.1, 0.15) is 50.8 Å². The fourth-order valence-corrected chi connectivity index (χ4v) is 7.07. The molecule has 0 unspecified atom stereocenters. The molecule has 0 saturated carbocycles. The number of non-ortho nitro benzene ring substituents is 1. The smallest absolute Gasteiger partial charge is 0.359 e. The summed E-state index contributed by atoms with van der Waals surface area (Å²) in [6.45, 7) is 12.5. The Labute approximate surface area is 275 Å². The molecule has 0 aromatic heterocycles. The van der Waals surface area contributed by atoms with Crippen LogP contribution in [-0.2, 0) is 39.7 Å². The summed E-state index contributed by atoms with van der Waals surface area (Å²) in [6, 6.07) is 13.0. The molecule has 2 aromatic rings. The van der Waals surface area contributed by atoms with E-state index < -0.39 is 58.0 Å². The third kappa shape index (κ3) is 8.96. The molecule has 0 spiro atoms.